The van der Waals surface area contributed by atoms with E-state index in [0.29, 0.717) is 19.6 Å². The first kappa shape index (κ1) is 14.7. The molecule has 0 atom stereocenters. The molecule has 3 heteroatoms. The van der Waals surface area contributed by atoms with Gasteiger partial charge in [-0.15, -0.1) is 0 Å². The van der Waals surface area contributed by atoms with Crippen molar-refractivity contribution in [3.05, 3.63) is 35.9 Å². The number of nitrogens with one attached hydrogen (secondary N) is 1. The van der Waals surface area contributed by atoms with Gasteiger partial charge in [-0.1, -0.05) is 30.3 Å². The third-order valence-corrected chi connectivity index (χ3v) is 2.42. The Kier molecular flexibility index (Phi) is 5.86. The van der Waals surface area contributed by atoms with E-state index in [1.807, 2.05) is 51.1 Å². The fourth-order valence-corrected chi connectivity index (χ4v) is 1.50. The molecule has 3 nitrogen and oxygen atoms in total. The lowest BCUT2D eigenvalue weighted by Gasteiger charge is -2.19. The fourth-order valence-electron chi connectivity index (χ4n) is 1.50. The van der Waals surface area contributed by atoms with Gasteiger partial charge in [-0.3, -0.25) is 4.79 Å². The van der Waals surface area contributed by atoms with Crippen LogP contribution >= 0.6 is 0 Å². The van der Waals surface area contributed by atoms with Gasteiger partial charge in [0.15, 0.2) is 0 Å². The highest BCUT2D eigenvalue weighted by molar-refractivity contribution is 5.75. The maximum atomic E-state index is 11.6. The number of ether oxygens (including phenoxy) is 1. The first-order valence-electron chi connectivity index (χ1n) is 6.42. The third-order valence-electron chi connectivity index (χ3n) is 2.42. The molecular weight excluding hydrogens is 226 g/mol. The Morgan fingerprint density at radius 1 is 1.22 bits per heavy atom. The van der Waals surface area contributed by atoms with Gasteiger partial charge in [0.05, 0.1) is 5.60 Å². The van der Waals surface area contributed by atoms with Crippen molar-refractivity contribution in [1.29, 1.82) is 0 Å². The van der Waals surface area contributed by atoms with Crippen LogP contribution in [0.3, 0.4) is 0 Å². The van der Waals surface area contributed by atoms with E-state index in [-0.39, 0.29) is 11.5 Å². The van der Waals surface area contributed by atoms with Crippen LogP contribution in [0.4, 0.5) is 0 Å². The van der Waals surface area contributed by atoms with Crippen molar-refractivity contribution in [2.45, 2.75) is 45.8 Å². The monoisotopic (exact) mass is 249 g/mol. The zero-order valence-corrected chi connectivity index (χ0v) is 11.5. The molecular formula is C15H23NO2. The minimum Gasteiger partial charge on any atom is -0.376 e. The normalized spacial score (nSPS) is 11.3. The maximum absolute atomic E-state index is 11.6. The van der Waals surface area contributed by atoms with Gasteiger partial charge in [0, 0.05) is 19.6 Å². The predicted molar refractivity (Wildman–Crippen MR) is 73.2 cm³/mol. The van der Waals surface area contributed by atoms with Crippen LogP contribution in [0.25, 0.3) is 0 Å². The van der Waals surface area contributed by atoms with E-state index in [1.165, 1.54) is 0 Å². The molecule has 0 bridgehead atoms. The fraction of sp³-hybridized carbons (Fsp3) is 0.533. The SMILES string of the molecule is CC(C)(C)OCCCC(=O)NCc1ccccc1. The standard InChI is InChI=1S/C15H23NO2/c1-15(2,3)18-11-7-10-14(17)16-12-13-8-5-4-6-9-13/h4-6,8-9H,7,10-12H2,1-3H3,(H,16,17). The lowest BCUT2D eigenvalue weighted by Crippen LogP contribution is -2.24. The van der Waals surface area contributed by atoms with Crippen LogP contribution in [-0.2, 0) is 16.1 Å². The third kappa shape index (κ3) is 7.07. The van der Waals surface area contributed by atoms with Gasteiger partial charge in [0.2, 0.25) is 5.91 Å². The summed E-state index contributed by atoms with van der Waals surface area (Å²) in [7, 11) is 0. The van der Waals surface area contributed by atoms with Crippen molar-refractivity contribution >= 4 is 5.91 Å². The number of hydrogen-bond acceptors (Lipinski definition) is 2. The Hall–Kier alpha value is -1.35. The van der Waals surface area contributed by atoms with E-state index in [2.05, 4.69) is 5.32 Å². The van der Waals surface area contributed by atoms with E-state index in [9.17, 15) is 4.79 Å². The topological polar surface area (TPSA) is 38.3 Å². The van der Waals surface area contributed by atoms with Crippen LogP contribution in [0.1, 0.15) is 39.2 Å². The van der Waals surface area contributed by atoms with Crippen LogP contribution in [0, 0.1) is 0 Å². The van der Waals surface area contributed by atoms with Gasteiger partial charge in [-0.25, -0.2) is 0 Å². The highest BCUT2D eigenvalue weighted by Gasteiger charge is 2.09. The van der Waals surface area contributed by atoms with Gasteiger partial charge in [-0.05, 0) is 32.8 Å². The molecule has 1 aromatic carbocycles. The highest BCUT2D eigenvalue weighted by Crippen LogP contribution is 2.07. The zero-order chi connectivity index (χ0) is 13.4. The molecule has 0 unspecified atom stereocenters. The number of carbonyl (C=O) groups is 1. The zero-order valence-electron chi connectivity index (χ0n) is 11.5. The largest absolute Gasteiger partial charge is 0.376 e. The Morgan fingerprint density at radius 3 is 2.50 bits per heavy atom. The minimum atomic E-state index is -0.124. The predicted octanol–water partition coefficient (Wildman–Crippen LogP) is 2.90. The summed E-state index contributed by atoms with van der Waals surface area (Å²) in [6, 6.07) is 9.92. The molecule has 1 amide bonds. The number of rotatable bonds is 6. The van der Waals surface area contributed by atoms with E-state index < -0.39 is 0 Å². The first-order valence-corrected chi connectivity index (χ1v) is 6.42. The number of amides is 1. The van der Waals surface area contributed by atoms with Crippen LogP contribution in [0.15, 0.2) is 30.3 Å². The van der Waals surface area contributed by atoms with Gasteiger partial charge in [0.25, 0.3) is 0 Å². The summed E-state index contributed by atoms with van der Waals surface area (Å²) in [6.07, 6.45) is 1.28. The molecule has 0 aliphatic heterocycles. The van der Waals surface area contributed by atoms with Crippen LogP contribution in [0.5, 0.6) is 0 Å². The second-order valence-corrected chi connectivity index (χ2v) is 5.33. The quantitative estimate of drug-likeness (QED) is 0.787. The number of carbonyl (C=O) groups excluding carboxylic acids is 1. The van der Waals surface area contributed by atoms with Crippen molar-refractivity contribution in [3.8, 4) is 0 Å². The molecule has 0 saturated carbocycles. The van der Waals surface area contributed by atoms with Crippen LogP contribution < -0.4 is 5.32 Å². The lowest BCUT2D eigenvalue weighted by molar-refractivity contribution is -0.121. The molecule has 100 valence electrons. The van der Waals surface area contributed by atoms with Crippen molar-refractivity contribution in [3.63, 3.8) is 0 Å². The van der Waals surface area contributed by atoms with E-state index in [1.54, 1.807) is 0 Å². The van der Waals surface area contributed by atoms with Crippen LogP contribution in [0.2, 0.25) is 0 Å². The average Bonchev–Trinajstić information content (AvgIpc) is 2.32. The number of hydrogen-bond donors (Lipinski definition) is 1. The van der Waals surface area contributed by atoms with E-state index >= 15 is 0 Å². The first-order chi connectivity index (χ1) is 8.47. The Labute approximate surface area is 110 Å². The molecule has 1 rings (SSSR count). The van der Waals surface area contributed by atoms with Gasteiger partial charge in [0.1, 0.15) is 0 Å². The summed E-state index contributed by atoms with van der Waals surface area (Å²) in [6.45, 7) is 7.27. The summed E-state index contributed by atoms with van der Waals surface area (Å²) >= 11 is 0. The molecule has 0 aromatic heterocycles. The Bertz CT molecular complexity index is 355. The van der Waals surface area contributed by atoms with Crippen molar-refractivity contribution in [1.82, 2.24) is 5.32 Å². The smallest absolute Gasteiger partial charge is 0.220 e. The molecule has 1 N–H and O–H groups in total. The Balaban J connectivity index is 2.11. The molecule has 0 heterocycles. The molecule has 0 aliphatic rings. The summed E-state index contributed by atoms with van der Waals surface area (Å²) in [4.78, 5) is 11.6. The van der Waals surface area contributed by atoms with Gasteiger partial charge >= 0.3 is 0 Å². The minimum absolute atomic E-state index is 0.0800. The molecule has 1 aromatic rings. The van der Waals surface area contributed by atoms with Crippen molar-refractivity contribution in [2.75, 3.05) is 6.61 Å². The van der Waals surface area contributed by atoms with Gasteiger partial charge < -0.3 is 10.1 Å². The van der Waals surface area contributed by atoms with Gasteiger partial charge in [-0.2, -0.15) is 0 Å². The molecule has 0 fully saturated rings. The maximum Gasteiger partial charge on any atom is 0.220 e. The van der Waals surface area contributed by atoms with E-state index in [4.69, 9.17) is 4.74 Å². The molecule has 0 saturated heterocycles. The van der Waals surface area contributed by atoms with Crippen molar-refractivity contribution in [2.24, 2.45) is 0 Å². The summed E-state index contributed by atoms with van der Waals surface area (Å²) < 4.78 is 5.56. The lowest BCUT2D eigenvalue weighted by atomic mass is 10.2. The van der Waals surface area contributed by atoms with E-state index in [0.717, 1.165) is 12.0 Å². The molecule has 0 spiro atoms. The Morgan fingerprint density at radius 2 is 1.89 bits per heavy atom. The summed E-state index contributed by atoms with van der Waals surface area (Å²) in [5.41, 5.74) is 0.998. The molecule has 0 aliphatic carbocycles. The highest BCUT2D eigenvalue weighted by atomic mass is 16.5. The second-order valence-electron chi connectivity index (χ2n) is 5.33. The summed E-state index contributed by atoms with van der Waals surface area (Å²) in [5, 5.41) is 2.90. The van der Waals surface area contributed by atoms with Crippen LogP contribution in [-0.4, -0.2) is 18.1 Å². The number of benzene rings is 1. The second kappa shape index (κ2) is 7.17. The average molecular weight is 249 g/mol. The van der Waals surface area contributed by atoms with Crippen molar-refractivity contribution < 1.29 is 9.53 Å². The molecule has 18 heavy (non-hydrogen) atoms. The molecule has 0 radical (unpaired) electrons. The summed E-state index contributed by atoms with van der Waals surface area (Å²) in [5.74, 6) is 0.0800.